The van der Waals surface area contributed by atoms with Gasteiger partial charge in [-0.1, -0.05) is 44.5 Å². The molecule has 0 unspecified atom stereocenters. The summed E-state index contributed by atoms with van der Waals surface area (Å²) < 4.78 is 6.28. The number of H-pyrrole nitrogens is 1. The number of carbonyl (C=O) groups excluding carboxylic acids is 1. The minimum absolute atomic E-state index is 0.151. The number of hydrogen-bond donors (Lipinski definition) is 1. The van der Waals surface area contributed by atoms with Gasteiger partial charge in [0.15, 0.2) is 17.2 Å². The van der Waals surface area contributed by atoms with Crippen LogP contribution in [0.2, 0.25) is 5.02 Å². The van der Waals surface area contributed by atoms with Gasteiger partial charge in [-0.15, -0.1) is 5.10 Å². The normalized spacial score (nSPS) is 15.5. The fourth-order valence-electron chi connectivity index (χ4n) is 5.31. The summed E-state index contributed by atoms with van der Waals surface area (Å²) in [6.07, 6.45) is 1.74. The summed E-state index contributed by atoms with van der Waals surface area (Å²) in [5, 5.41) is 14.6. The molecule has 1 fully saturated rings. The highest BCUT2D eigenvalue weighted by Crippen LogP contribution is 2.36. The number of halogens is 1. The number of tetrazole rings is 1. The molecule has 4 aromatic heterocycles. The van der Waals surface area contributed by atoms with Crippen molar-refractivity contribution in [2.75, 3.05) is 24.5 Å². The first-order valence-corrected chi connectivity index (χ1v) is 13.9. The molecule has 0 atom stereocenters. The van der Waals surface area contributed by atoms with Gasteiger partial charge in [0, 0.05) is 53.6 Å². The minimum Gasteiger partial charge on any atom is -0.449 e. The van der Waals surface area contributed by atoms with Gasteiger partial charge >= 0.3 is 0 Å². The standard InChI is InChI=1S/C30H31ClN8O2/c1-29(2,3)21-14-22(18-6-9-20(31)10-7-18)33-23-15-24(41-26(21)23)28(40)39-13-12-38(17-30(39,4)5)25-11-8-19(16-32-25)27-34-36-37-35-27/h6-11,14-16H,12-13,17H2,1-5H3,(H,34,35,36,37). The summed E-state index contributed by atoms with van der Waals surface area (Å²) in [6, 6.07) is 15.3. The molecule has 1 aromatic carbocycles. The predicted octanol–water partition coefficient (Wildman–Crippen LogP) is 5.76. The molecule has 5 aromatic rings. The number of rotatable bonds is 4. The second-order valence-corrected chi connectivity index (χ2v) is 12.4. The number of furan rings is 1. The van der Waals surface area contributed by atoms with E-state index in [1.807, 2.05) is 47.4 Å². The van der Waals surface area contributed by atoms with Crippen LogP contribution < -0.4 is 4.90 Å². The second-order valence-electron chi connectivity index (χ2n) is 12.0. The van der Waals surface area contributed by atoms with Crippen molar-refractivity contribution in [1.29, 1.82) is 0 Å². The first-order chi connectivity index (χ1) is 19.5. The third-order valence-electron chi connectivity index (χ3n) is 7.48. The van der Waals surface area contributed by atoms with Gasteiger partial charge in [0.2, 0.25) is 0 Å². The average molecular weight is 571 g/mol. The zero-order valence-electron chi connectivity index (χ0n) is 23.6. The summed E-state index contributed by atoms with van der Waals surface area (Å²) in [6.45, 7) is 12.3. The highest BCUT2D eigenvalue weighted by atomic mass is 35.5. The number of fused-ring (bicyclic) bond motifs is 1. The Hall–Kier alpha value is -4.31. The number of carbonyl (C=O) groups is 1. The van der Waals surface area contributed by atoms with Crippen LogP contribution in [0.25, 0.3) is 33.7 Å². The van der Waals surface area contributed by atoms with E-state index in [0.29, 0.717) is 41.6 Å². The fourth-order valence-corrected chi connectivity index (χ4v) is 5.43. The fraction of sp³-hybridized carbons (Fsp3) is 0.333. The van der Waals surface area contributed by atoms with Gasteiger partial charge < -0.3 is 14.2 Å². The zero-order valence-corrected chi connectivity index (χ0v) is 24.4. The number of nitrogens with zero attached hydrogens (tertiary/aromatic N) is 7. The van der Waals surface area contributed by atoms with E-state index in [1.54, 1.807) is 12.3 Å². The van der Waals surface area contributed by atoms with Gasteiger partial charge in [-0.05, 0) is 60.0 Å². The van der Waals surface area contributed by atoms with Crippen molar-refractivity contribution in [3.63, 3.8) is 0 Å². The van der Waals surface area contributed by atoms with Crippen LogP contribution >= 0.6 is 11.6 Å². The van der Waals surface area contributed by atoms with Crippen LogP contribution in [0.4, 0.5) is 5.82 Å². The molecule has 0 bridgehead atoms. The maximum Gasteiger partial charge on any atom is 0.290 e. The largest absolute Gasteiger partial charge is 0.449 e. The van der Waals surface area contributed by atoms with E-state index in [4.69, 9.17) is 21.0 Å². The molecular formula is C30H31ClN8O2. The van der Waals surface area contributed by atoms with E-state index >= 15 is 0 Å². The number of pyridine rings is 2. The first-order valence-electron chi connectivity index (χ1n) is 13.5. The smallest absolute Gasteiger partial charge is 0.290 e. The molecule has 1 aliphatic rings. The van der Waals surface area contributed by atoms with E-state index in [2.05, 4.69) is 65.1 Å². The number of nitrogens with one attached hydrogen (secondary N) is 1. The zero-order chi connectivity index (χ0) is 28.9. The second kappa shape index (κ2) is 9.95. The molecule has 0 aliphatic carbocycles. The van der Waals surface area contributed by atoms with Crippen molar-refractivity contribution in [2.45, 2.75) is 45.6 Å². The molecule has 10 nitrogen and oxygen atoms in total. The number of benzene rings is 1. The Morgan fingerprint density at radius 3 is 2.44 bits per heavy atom. The quantitative estimate of drug-likeness (QED) is 0.290. The van der Waals surface area contributed by atoms with Gasteiger partial charge in [-0.2, -0.15) is 0 Å². The lowest BCUT2D eigenvalue weighted by molar-refractivity contribution is 0.0483. The Balaban J connectivity index is 1.27. The third kappa shape index (κ3) is 5.15. The molecule has 210 valence electrons. The summed E-state index contributed by atoms with van der Waals surface area (Å²) >= 11 is 6.11. The van der Waals surface area contributed by atoms with Crippen LogP contribution in [0.15, 0.2) is 59.1 Å². The lowest BCUT2D eigenvalue weighted by Gasteiger charge is -2.47. The molecule has 11 heteroatoms. The van der Waals surface area contributed by atoms with E-state index in [0.717, 1.165) is 28.2 Å². The molecule has 1 amide bonds. The van der Waals surface area contributed by atoms with Crippen LogP contribution in [0.3, 0.4) is 0 Å². The highest BCUT2D eigenvalue weighted by molar-refractivity contribution is 6.30. The molecule has 0 saturated carbocycles. The summed E-state index contributed by atoms with van der Waals surface area (Å²) in [5.74, 6) is 1.53. The monoisotopic (exact) mass is 570 g/mol. The molecule has 1 saturated heterocycles. The van der Waals surface area contributed by atoms with Crippen LogP contribution in [0.1, 0.15) is 50.7 Å². The number of aromatic amines is 1. The number of piperazine rings is 1. The SMILES string of the molecule is CC(C)(C)c1cc(-c2ccc(Cl)cc2)nc2cc(C(=O)N3CCN(c4ccc(-c5nnn[nH]5)cn4)CC3(C)C)oc12. The van der Waals surface area contributed by atoms with Gasteiger partial charge in [-0.25, -0.2) is 15.1 Å². The molecule has 0 radical (unpaired) electrons. The summed E-state index contributed by atoms with van der Waals surface area (Å²) in [7, 11) is 0. The Morgan fingerprint density at radius 2 is 1.80 bits per heavy atom. The van der Waals surface area contributed by atoms with Crippen molar-refractivity contribution < 1.29 is 9.21 Å². The van der Waals surface area contributed by atoms with Gasteiger partial charge in [0.05, 0.1) is 11.2 Å². The lowest BCUT2D eigenvalue weighted by atomic mass is 9.86. The van der Waals surface area contributed by atoms with E-state index in [-0.39, 0.29) is 17.1 Å². The Bertz CT molecular complexity index is 1700. The van der Waals surface area contributed by atoms with E-state index in [1.165, 1.54) is 0 Å². The van der Waals surface area contributed by atoms with Gasteiger partial charge in [0.25, 0.3) is 5.91 Å². The lowest BCUT2D eigenvalue weighted by Crippen LogP contribution is -2.61. The third-order valence-corrected chi connectivity index (χ3v) is 7.73. The van der Waals surface area contributed by atoms with Crippen LogP contribution in [0.5, 0.6) is 0 Å². The van der Waals surface area contributed by atoms with E-state index < -0.39 is 5.54 Å². The molecule has 1 aliphatic heterocycles. The molecule has 1 N–H and O–H groups in total. The molecule has 41 heavy (non-hydrogen) atoms. The van der Waals surface area contributed by atoms with Crippen LogP contribution in [-0.4, -0.2) is 66.6 Å². The van der Waals surface area contributed by atoms with Crippen LogP contribution in [-0.2, 0) is 5.41 Å². The van der Waals surface area contributed by atoms with Crippen LogP contribution in [0, 0.1) is 0 Å². The molecule has 0 spiro atoms. The van der Waals surface area contributed by atoms with Crippen molar-refractivity contribution in [1.82, 2.24) is 35.5 Å². The molecular weight excluding hydrogens is 540 g/mol. The number of amides is 1. The first kappa shape index (κ1) is 26.9. The topological polar surface area (TPSA) is 117 Å². The van der Waals surface area contributed by atoms with Gasteiger partial charge in [0.1, 0.15) is 11.3 Å². The number of aromatic nitrogens is 6. The van der Waals surface area contributed by atoms with Crippen molar-refractivity contribution in [2.24, 2.45) is 0 Å². The molecule has 6 rings (SSSR count). The van der Waals surface area contributed by atoms with Crippen molar-refractivity contribution in [3.05, 3.63) is 71.1 Å². The Morgan fingerprint density at radius 1 is 1.05 bits per heavy atom. The number of anilines is 1. The maximum absolute atomic E-state index is 13.9. The summed E-state index contributed by atoms with van der Waals surface area (Å²) in [5.41, 5.74) is 4.16. The summed E-state index contributed by atoms with van der Waals surface area (Å²) in [4.78, 5) is 27.5. The Labute approximate surface area is 242 Å². The Kier molecular flexibility index (Phi) is 6.53. The maximum atomic E-state index is 13.9. The average Bonchev–Trinajstić information content (AvgIpc) is 3.62. The highest BCUT2D eigenvalue weighted by Gasteiger charge is 2.39. The van der Waals surface area contributed by atoms with Gasteiger partial charge in [-0.3, -0.25) is 4.79 Å². The van der Waals surface area contributed by atoms with E-state index in [9.17, 15) is 4.79 Å². The predicted molar refractivity (Wildman–Crippen MR) is 158 cm³/mol. The van der Waals surface area contributed by atoms with Crippen molar-refractivity contribution in [3.8, 4) is 22.6 Å². The molecule has 5 heterocycles. The number of hydrogen-bond acceptors (Lipinski definition) is 8. The minimum atomic E-state index is -0.474. The van der Waals surface area contributed by atoms with Crippen molar-refractivity contribution >= 4 is 34.4 Å².